The molecule has 1 aromatic heterocycles. The van der Waals surface area contributed by atoms with Crippen LogP contribution < -0.4 is 4.80 Å². The molecule has 25 heavy (non-hydrogen) atoms. The molecule has 0 aliphatic carbocycles. The van der Waals surface area contributed by atoms with Crippen molar-refractivity contribution in [2.24, 2.45) is 4.99 Å². The minimum atomic E-state index is -0.372. The second-order valence-corrected chi connectivity index (χ2v) is 6.91. The van der Waals surface area contributed by atoms with E-state index in [0.717, 1.165) is 10.6 Å². The molecule has 1 heterocycles. The Kier molecular flexibility index (Phi) is 5.11. The van der Waals surface area contributed by atoms with Gasteiger partial charge in [-0.05, 0) is 31.4 Å². The van der Waals surface area contributed by atoms with Crippen molar-refractivity contribution in [2.75, 3.05) is 13.7 Å². The molecule has 0 spiro atoms. The monoisotopic (exact) mass is 358 g/mol. The molecular weight excluding hydrogens is 339 g/mol. The summed E-state index contributed by atoms with van der Waals surface area (Å²) in [7, 11) is 1.64. The molecule has 0 saturated heterocycles. The number of carbonyl (C=O) groups excluding carboxylic acids is 1. The smallest absolute Gasteiger partial charge is 0.280 e. The predicted molar refractivity (Wildman–Crippen MR) is 97.5 cm³/mol. The Labute approximate surface area is 149 Å². The first-order valence-electron chi connectivity index (χ1n) is 7.95. The molecule has 0 unspecified atom stereocenters. The van der Waals surface area contributed by atoms with Crippen LogP contribution in [-0.2, 0) is 11.3 Å². The first-order valence-corrected chi connectivity index (χ1v) is 8.76. The highest BCUT2D eigenvalue weighted by atomic mass is 32.1. The summed E-state index contributed by atoms with van der Waals surface area (Å²) in [5, 5.41) is 0.999. The van der Waals surface area contributed by atoms with Crippen molar-refractivity contribution in [1.82, 2.24) is 4.57 Å². The van der Waals surface area contributed by atoms with E-state index in [-0.39, 0.29) is 11.7 Å². The van der Waals surface area contributed by atoms with E-state index < -0.39 is 0 Å². The summed E-state index contributed by atoms with van der Waals surface area (Å²) in [6.07, 6.45) is 0. The summed E-state index contributed by atoms with van der Waals surface area (Å²) in [5.41, 5.74) is 1.47. The van der Waals surface area contributed by atoms with E-state index in [1.165, 1.54) is 23.5 Å². The van der Waals surface area contributed by atoms with E-state index in [2.05, 4.69) is 4.99 Å². The van der Waals surface area contributed by atoms with Crippen molar-refractivity contribution < 1.29 is 13.9 Å². The molecule has 3 aromatic rings. The molecule has 0 N–H and O–H groups in total. The number of aromatic nitrogens is 1. The molecule has 0 aliphatic heterocycles. The van der Waals surface area contributed by atoms with Gasteiger partial charge in [-0.3, -0.25) is 4.79 Å². The van der Waals surface area contributed by atoms with Crippen LogP contribution in [0.2, 0.25) is 0 Å². The molecular formula is C19H19FN2O2S. The molecule has 3 rings (SSSR count). The Bertz CT molecular complexity index is 1000. The Morgan fingerprint density at radius 2 is 1.92 bits per heavy atom. The summed E-state index contributed by atoms with van der Waals surface area (Å²) in [6.45, 7) is 5.17. The van der Waals surface area contributed by atoms with Gasteiger partial charge >= 0.3 is 0 Å². The van der Waals surface area contributed by atoms with Crippen molar-refractivity contribution in [3.8, 4) is 0 Å². The molecule has 0 bridgehead atoms. The van der Waals surface area contributed by atoms with Gasteiger partial charge in [0, 0.05) is 35.2 Å². The number of benzene rings is 2. The number of amides is 1. The van der Waals surface area contributed by atoms with E-state index in [1.807, 2.05) is 18.4 Å². The standard InChI is InChI=1S/C19H19FN2O2S/c1-12-13(2)25-19(22(12)10-11-24-3)21-18(23)16-8-9-17(20)15-7-5-4-6-14(15)16/h4-9H,10-11H2,1-3H3/b21-19-. The number of rotatable bonds is 4. The molecule has 4 nitrogen and oxygen atoms in total. The third-order valence-electron chi connectivity index (χ3n) is 4.21. The maximum atomic E-state index is 14.0. The molecule has 0 radical (unpaired) electrons. The Morgan fingerprint density at radius 3 is 2.64 bits per heavy atom. The molecule has 0 atom stereocenters. The van der Waals surface area contributed by atoms with Crippen LogP contribution in [-0.4, -0.2) is 24.2 Å². The van der Waals surface area contributed by atoms with Gasteiger partial charge < -0.3 is 9.30 Å². The van der Waals surface area contributed by atoms with E-state index >= 15 is 0 Å². The maximum absolute atomic E-state index is 14.0. The lowest BCUT2D eigenvalue weighted by molar-refractivity contribution is 0.0998. The van der Waals surface area contributed by atoms with E-state index in [1.54, 1.807) is 31.4 Å². The second-order valence-electron chi connectivity index (χ2n) is 5.73. The normalized spacial score (nSPS) is 12.1. The fourth-order valence-electron chi connectivity index (χ4n) is 2.72. The van der Waals surface area contributed by atoms with Gasteiger partial charge in [-0.15, -0.1) is 11.3 Å². The van der Waals surface area contributed by atoms with Crippen LogP contribution in [0, 0.1) is 19.7 Å². The number of methoxy groups -OCH3 is 1. The van der Waals surface area contributed by atoms with Gasteiger partial charge in [0.1, 0.15) is 5.82 Å². The minimum Gasteiger partial charge on any atom is -0.383 e. The SMILES string of the molecule is COCCn1c(C)c(C)s/c1=N\C(=O)c1ccc(F)c2ccccc12. The molecule has 130 valence electrons. The molecule has 1 amide bonds. The van der Waals surface area contributed by atoms with Gasteiger partial charge in [0.05, 0.1) is 6.61 Å². The zero-order valence-electron chi connectivity index (χ0n) is 14.4. The molecule has 0 saturated carbocycles. The lowest BCUT2D eigenvalue weighted by Gasteiger charge is -2.06. The number of hydrogen-bond acceptors (Lipinski definition) is 3. The van der Waals surface area contributed by atoms with Crippen molar-refractivity contribution in [1.29, 1.82) is 0 Å². The highest BCUT2D eigenvalue weighted by Crippen LogP contribution is 2.22. The van der Waals surface area contributed by atoms with Crippen LogP contribution in [0.15, 0.2) is 41.4 Å². The number of nitrogens with zero attached hydrogens (tertiary/aromatic N) is 2. The number of thiazole rings is 1. The van der Waals surface area contributed by atoms with Crippen LogP contribution in [0.3, 0.4) is 0 Å². The summed E-state index contributed by atoms with van der Waals surface area (Å²) >= 11 is 1.47. The second kappa shape index (κ2) is 7.29. The van der Waals surface area contributed by atoms with E-state index in [9.17, 15) is 9.18 Å². The fraction of sp³-hybridized carbons (Fsp3) is 0.263. The van der Waals surface area contributed by atoms with Crippen molar-refractivity contribution in [3.63, 3.8) is 0 Å². The number of ether oxygens (including phenoxy) is 1. The molecule has 2 aromatic carbocycles. The Hall–Kier alpha value is -2.31. The van der Waals surface area contributed by atoms with Gasteiger partial charge in [0.15, 0.2) is 4.80 Å². The lowest BCUT2D eigenvalue weighted by Crippen LogP contribution is -2.20. The van der Waals surface area contributed by atoms with Crippen LogP contribution >= 0.6 is 11.3 Å². The van der Waals surface area contributed by atoms with Gasteiger partial charge in [-0.2, -0.15) is 4.99 Å². The number of aryl methyl sites for hydroxylation is 1. The highest BCUT2D eigenvalue weighted by Gasteiger charge is 2.13. The summed E-state index contributed by atoms with van der Waals surface area (Å²) < 4.78 is 21.1. The third kappa shape index (κ3) is 3.41. The highest BCUT2D eigenvalue weighted by molar-refractivity contribution is 7.09. The fourth-order valence-corrected chi connectivity index (χ4v) is 3.72. The predicted octanol–water partition coefficient (Wildman–Crippen LogP) is 3.85. The van der Waals surface area contributed by atoms with Crippen LogP contribution in [0.1, 0.15) is 20.9 Å². The van der Waals surface area contributed by atoms with Crippen LogP contribution in [0.4, 0.5) is 4.39 Å². The van der Waals surface area contributed by atoms with Gasteiger partial charge in [0.25, 0.3) is 5.91 Å². The Morgan fingerprint density at radius 1 is 1.20 bits per heavy atom. The van der Waals surface area contributed by atoms with Crippen molar-refractivity contribution in [3.05, 3.63) is 63.2 Å². The number of carbonyl (C=O) groups is 1. The first-order chi connectivity index (χ1) is 12.0. The largest absolute Gasteiger partial charge is 0.383 e. The average Bonchev–Trinajstić information content (AvgIpc) is 2.87. The van der Waals surface area contributed by atoms with Gasteiger partial charge in [0.2, 0.25) is 0 Å². The quantitative estimate of drug-likeness (QED) is 0.711. The lowest BCUT2D eigenvalue weighted by atomic mass is 10.0. The number of hydrogen-bond donors (Lipinski definition) is 0. The van der Waals surface area contributed by atoms with Crippen LogP contribution in [0.25, 0.3) is 10.8 Å². The third-order valence-corrected chi connectivity index (χ3v) is 5.30. The first kappa shape index (κ1) is 17.5. The molecule has 0 fully saturated rings. The van der Waals surface area contributed by atoms with E-state index in [4.69, 9.17) is 4.74 Å². The number of halogens is 1. The molecule has 6 heteroatoms. The zero-order valence-corrected chi connectivity index (χ0v) is 15.2. The average molecular weight is 358 g/mol. The van der Waals surface area contributed by atoms with Gasteiger partial charge in [-0.1, -0.05) is 24.3 Å². The van der Waals surface area contributed by atoms with Crippen molar-refractivity contribution in [2.45, 2.75) is 20.4 Å². The van der Waals surface area contributed by atoms with Gasteiger partial charge in [-0.25, -0.2) is 4.39 Å². The minimum absolute atomic E-state index is 0.342. The Balaban J connectivity index is 2.10. The zero-order chi connectivity index (χ0) is 18.0. The van der Waals surface area contributed by atoms with Crippen LogP contribution in [0.5, 0.6) is 0 Å². The summed E-state index contributed by atoms with van der Waals surface area (Å²) in [4.78, 5) is 18.8. The summed E-state index contributed by atoms with van der Waals surface area (Å²) in [6, 6.07) is 9.76. The molecule has 0 aliphatic rings. The summed E-state index contributed by atoms with van der Waals surface area (Å²) in [5.74, 6) is -0.714. The van der Waals surface area contributed by atoms with Crippen molar-refractivity contribution >= 4 is 28.0 Å². The van der Waals surface area contributed by atoms with E-state index in [0.29, 0.717) is 34.3 Å². The number of fused-ring (bicyclic) bond motifs is 1. The topological polar surface area (TPSA) is 43.6 Å². The maximum Gasteiger partial charge on any atom is 0.280 e.